The van der Waals surface area contributed by atoms with Gasteiger partial charge in [-0.2, -0.15) is 5.10 Å². The Hall–Kier alpha value is -4.08. The molecule has 136 valence electrons. The number of aromatic nitrogens is 4. The Labute approximate surface area is 149 Å². The Kier molecular flexibility index (Phi) is 3.31. The molecular formula is C17H13N4O6+. The Morgan fingerprint density at radius 1 is 1.04 bits per heavy atom. The molecule has 1 aromatic carbocycles. The van der Waals surface area contributed by atoms with Crippen molar-refractivity contribution >= 4 is 44.6 Å². The summed E-state index contributed by atoms with van der Waals surface area (Å²) in [4.78, 5) is 30.4. The average Bonchev–Trinajstić information content (AvgIpc) is 3.02. The molecule has 3 aromatic heterocycles. The second-order valence-corrected chi connectivity index (χ2v) is 6.01. The molecule has 4 rings (SSSR count). The van der Waals surface area contributed by atoms with Gasteiger partial charge in [0.15, 0.2) is 0 Å². The fourth-order valence-corrected chi connectivity index (χ4v) is 3.22. The number of fused-ring (bicyclic) bond motifs is 6. The summed E-state index contributed by atoms with van der Waals surface area (Å²) in [5, 5.41) is 41.8. The molecule has 0 unspecified atom stereocenters. The van der Waals surface area contributed by atoms with E-state index < -0.39 is 18.0 Å². The lowest BCUT2D eigenvalue weighted by atomic mass is 10.0. The van der Waals surface area contributed by atoms with Crippen LogP contribution in [0.2, 0.25) is 0 Å². The number of hydrogen-bond acceptors (Lipinski definition) is 5. The summed E-state index contributed by atoms with van der Waals surface area (Å²) in [6.07, 6.45) is -0.150. The molecule has 6 N–H and O–H groups in total. The first-order valence-corrected chi connectivity index (χ1v) is 7.73. The van der Waals surface area contributed by atoms with E-state index in [2.05, 4.69) is 15.1 Å². The van der Waals surface area contributed by atoms with Crippen LogP contribution in [0.25, 0.3) is 32.7 Å². The first-order valence-electron chi connectivity index (χ1n) is 7.73. The van der Waals surface area contributed by atoms with Crippen LogP contribution in [0.4, 0.5) is 0 Å². The number of nitrogens with zero attached hydrogens (tertiary/aromatic N) is 2. The van der Waals surface area contributed by atoms with E-state index in [9.17, 15) is 30.0 Å². The summed E-state index contributed by atoms with van der Waals surface area (Å²) >= 11 is 0. The summed E-state index contributed by atoms with van der Waals surface area (Å²) in [6.45, 7) is 1.76. The van der Waals surface area contributed by atoms with E-state index in [0.29, 0.717) is 22.0 Å². The number of aliphatic hydroxyl groups is 2. The Morgan fingerprint density at radius 3 is 2.41 bits per heavy atom. The highest BCUT2D eigenvalue weighted by Crippen LogP contribution is 2.34. The van der Waals surface area contributed by atoms with Gasteiger partial charge in [-0.05, 0) is 29.5 Å². The molecule has 0 amide bonds. The molecule has 0 spiro atoms. The number of aromatic amines is 2. The van der Waals surface area contributed by atoms with Gasteiger partial charge in [0.25, 0.3) is 0 Å². The zero-order chi connectivity index (χ0) is 19.5. The number of benzene rings is 1. The summed E-state index contributed by atoms with van der Waals surface area (Å²) in [7, 11) is 0. The number of hydrogen-bond donors (Lipinski definition) is 6. The molecule has 0 aliphatic heterocycles. The Morgan fingerprint density at radius 2 is 1.78 bits per heavy atom. The first kappa shape index (κ1) is 16.4. The second-order valence-electron chi connectivity index (χ2n) is 6.01. The molecule has 0 aliphatic rings. The van der Waals surface area contributed by atoms with Gasteiger partial charge in [0, 0.05) is 21.9 Å². The van der Waals surface area contributed by atoms with Gasteiger partial charge >= 0.3 is 18.0 Å². The Balaban J connectivity index is 2.41. The number of rotatable bonds is 2. The number of aryl methyl sites for hydroxylation is 1. The zero-order valence-electron chi connectivity index (χ0n) is 13.8. The number of carboxylic acids is 2. The van der Waals surface area contributed by atoms with Crippen LogP contribution in [0.3, 0.4) is 0 Å². The highest BCUT2D eigenvalue weighted by atomic mass is 16.5. The zero-order valence-corrected chi connectivity index (χ0v) is 13.8. The van der Waals surface area contributed by atoms with E-state index in [4.69, 9.17) is 0 Å². The fourth-order valence-electron chi connectivity index (χ4n) is 3.22. The summed E-state index contributed by atoms with van der Waals surface area (Å²) in [5.41, 5.74) is 1.32. The van der Waals surface area contributed by atoms with Crippen LogP contribution >= 0.6 is 0 Å². The standard InChI is InChI=1S/C17H12N4O6/c1-6-4-8-12(18-6)7-2-3-10(16(24)25)19-13(7)11-9(15(22)23)5-21(17(26)27)20-14(8)11/h2-5H,1H3,(H5,18,19,20,22,23,24,25,26,27)/p+1. The monoisotopic (exact) mass is 369 g/mol. The highest BCUT2D eigenvalue weighted by molar-refractivity contribution is 6.25. The van der Waals surface area contributed by atoms with E-state index in [0.717, 1.165) is 10.6 Å². The third-order valence-corrected chi connectivity index (χ3v) is 4.30. The number of aliphatic hydroxyl groups excluding tert-OH is 1. The summed E-state index contributed by atoms with van der Waals surface area (Å²) in [6, 6.07) is 4.66. The first-order chi connectivity index (χ1) is 12.8. The smallest absolute Gasteiger partial charge is 0.477 e. The van der Waals surface area contributed by atoms with E-state index in [1.165, 1.54) is 6.07 Å². The van der Waals surface area contributed by atoms with Crippen molar-refractivity contribution < 1.29 is 34.4 Å². The predicted octanol–water partition coefficient (Wildman–Crippen LogP) is 1.88. The SMILES string of the molecule is Cc1cc2c(n1)c1ccc(C(=O)O)[nH]c1c1c(C(=O)O)c[n+](=C(O)O)[nH]c21. The van der Waals surface area contributed by atoms with Crippen molar-refractivity contribution in [2.45, 2.75) is 6.92 Å². The minimum absolute atomic E-state index is 0.129. The van der Waals surface area contributed by atoms with Crippen molar-refractivity contribution in [1.29, 1.82) is 0 Å². The largest absolute Gasteiger partial charge is 0.579 e. The predicted molar refractivity (Wildman–Crippen MR) is 92.6 cm³/mol. The normalized spacial score (nSPS) is 11.3. The van der Waals surface area contributed by atoms with Crippen LogP contribution in [0.1, 0.15) is 26.5 Å². The van der Waals surface area contributed by atoms with Crippen LogP contribution in [0, 0.1) is 13.0 Å². The maximum absolute atomic E-state index is 11.8. The van der Waals surface area contributed by atoms with Crippen LogP contribution < -0.4 is 4.36 Å². The number of H-pyrrole nitrogens is 2. The molecule has 0 bridgehead atoms. The second kappa shape index (κ2) is 5.46. The van der Waals surface area contributed by atoms with Crippen molar-refractivity contribution in [2.24, 2.45) is 0 Å². The van der Waals surface area contributed by atoms with Crippen molar-refractivity contribution in [3.8, 4) is 0 Å². The molecule has 0 saturated heterocycles. The van der Waals surface area contributed by atoms with Gasteiger partial charge in [0.1, 0.15) is 16.8 Å². The number of pyridine rings is 1. The molecule has 27 heavy (non-hydrogen) atoms. The maximum Gasteiger partial charge on any atom is 0.579 e. The molecule has 10 heteroatoms. The van der Waals surface area contributed by atoms with E-state index in [1.54, 1.807) is 19.1 Å². The average molecular weight is 369 g/mol. The van der Waals surface area contributed by atoms with E-state index in [1.807, 2.05) is 0 Å². The quantitative estimate of drug-likeness (QED) is 0.232. The number of carbonyl (C=O) groups is 2. The van der Waals surface area contributed by atoms with Crippen molar-refractivity contribution in [2.75, 3.05) is 0 Å². The maximum atomic E-state index is 11.8. The van der Waals surface area contributed by atoms with E-state index in [-0.39, 0.29) is 27.7 Å². The molecule has 0 saturated carbocycles. The van der Waals surface area contributed by atoms with Crippen molar-refractivity contribution in [3.63, 3.8) is 0 Å². The van der Waals surface area contributed by atoms with Gasteiger partial charge in [-0.25, -0.2) is 9.59 Å². The van der Waals surface area contributed by atoms with Gasteiger partial charge in [0.05, 0.1) is 11.0 Å². The van der Waals surface area contributed by atoms with Crippen LogP contribution in [-0.4, -0.2) is 47.4 Å². The molecule has 4 aromatic rings. The number of nitrogens with one attached hydrogen (secondary N) is 2. The summed E-state index contributed by atoms with van der Waals surface area (Å²) in [5.74, 6) is -2.53. The molecule has 0 atom stereocenters. The Bertz CT molecular complexity index is 1360. The van der Waals surface area contributed by atoms with Gasteiger partial charge in [-0.1, -0.05) is 0 Å². The number of carboxylic acid groups (broad SMARTS) is 2. The topological polar surface area (TPSA) is 165 Å². The fraction of sp³-hybridized carbons (Fsp3) is 0.0588. The molecule has 0 radical (unpaired) electrons. The minimum Gasteiger partial charge on any atom is -0.477 e. The summed E-state index contributed by atoms with van der Waals surface area (Å²) < 4.78 is 0.750. The van der Waals surface area contributed by atoms with E-state index >= 15 is 0 Å². The molecule has 0 aliphatic carbocycles. The molecular weight excluding hydrogens is 356 g/mol. The van der Waals surface area contributed by atoms with Gasteiger partial charge in [-0.15, -0.1) is 0 Å². The molecule has 10 nitrogen and oxygen atoms in total. The van der Waals surface area contributed by atoms with Gasteiger partial charge < -0.3 is 25.4 Å². The minimum atomic E-state index is -1.32. The lowest BCUT2D eigenvalue weighted by Crippen LogP contribution is -2.28. The van der Waals surface area contributed by atoms with Crippen LogP contribution in [-0.2, 0) is 0 Å². The molecule has 3 heterocycles. The highest BCUT2D eigenvalue weighted by Gasteiger charge is 2.23. The lowest BCUT2D eigenvalue weighted by molar-refractivity contribution is -0.625. The third-order valence-electron chi connectivity index (χ3n) is 4.30. The van der Waals surface area contributed by atoms with Crippen LogP contribution in [0.5, 0.6) is 0 Å². The van der Waals surface area contributed by atoms with Crippen LogP contribution in [0.15, 0.2) is 24.4 Å². The molecule has 0 fully saturated rings. The number of aromatic carboxylic acids is 2. The van der Waals surface area contributed by atoms with Crippen molar-refractivity contribution in [1.82, 2.24) is 15.1 Å². The lowest BCUT2D eigenvalue weighted by Gasteiger charge is -2.08. The van der Waals surface area contributed by atoms with Gasteiger partial charge in [0.2, 0.25) is 6.20 Å². The third kappa shape index (κ3) is 2.34. The van der Waals surface area contributed by atoms with Gasteiger partial charge in [-0.3, -0.25) is 4.98 Å². The van der Waals surface area contributed by atoms with Crippen molar-refractivity contribution in [3.05, 3.63) is 47.4 Å².